The maximum absolute atomic E-state index is 5.11. The van der Waals surface area contributed by atoms with Crippen LogP contribution in [0.1, 0.15) is 43.2 Å². The summed E-state index contributed by atoms with van der Waals surface area (Å²) in [7, 11) is 0. The van der Waals surface area contributed by atoms with Gasteiger partial charge in [-0.05, 0) is 56.2 Å². The molecule has 138 valence electrons. The molecular weight excluding hydrogens is 330 g/mol. The summed E-state index contributed by atoms with van der Waals surface area (Å²) in [6.07, 6.45) is 1.79. The van der Waals surface area contributed by atoms with Crippen molar-refractivity contribution in [2.45, 2.75) is 41.5 Å². The van der Waals surface area contributed by atoms with Crippen molar-refractivity contribution in [1.82, 2.24) is 9.97 Å². The minimum absolute atomic E-state index is 0.139. The molecule has 0 unspecified atom stereocenters. The van der Waals surface area contributed by atoms with Crippen molar-refractivity contribution in [2.24, 2.45) is 10.4 Å². The third-order valence-corrected chi connectivity index (χ3v) is 4.49. The fourth-order valence-electron chi connectivity index (χ4n) is 3.29. The van der Waals surface area contributed by atoms with Crippen LogP contribution in [0.4, 0.5) is 5.69 Å². The van der Waals surface area contributed by atoms with Gasteiger partial charge in [0.2, 0.25) is 0 Å². The lowest BCUT2D eigenvalue weighted by molar-refractivity contribution is 0.590. The van der Waals surface area contributed by atoms with E-state index in [9.17, 15) is 0 Å². The van der Waals surface area contributed by atoms with Gasteiger partial charge in [0.15, 0.2) is 0 Å². The van der Waals surface area contributed by atoms with Crippen LogP contribution in [-0.4, -0.2) is 15.7 Å². The van der Waals surface area contributed by atoms with Crippen molar-refractivity contribution in [2.75, 3.05) is 0 Å². The summed E-state index contributed by atoms with van der Waals surface area (Å²) >= 11 is 0. The van der Waals surface area contributed by atoms with Gasteiger partial charge in [-0.15, -0.1) is 0 Å². The van der Waals surface area contributed by atoms with Gasteiger partial charge in [-0.25, -0.2) is 4.98 Å². The van der Waals surface area contributed by atoms with E-state index in [4.69, 9.17) is 9.98 Å². The Hall–Kier alpha value is -2.81. The molecule has 0 aliphatic rings. The van der Waals surface area contributed by atoms with Crippen LogP contribution in [-0.2, 0) is 0 Å². The van der Waals surface area contributed by atoms with Gasteiger partial charge in [0, 0.05) is 11.6 Å². The van der Waals surface area contributed by atoms with E-state index in [2.05, 4.69) is 58.7 Å². The lowest BCUT2D eigenvalue weighted by Crippen LogP contribution is -2.22. The van der Waals surface area contributed by atoms with Crippen LogP contribution < -0.4 is 0 Å². The lowest BCUT2D eigenvalue weighted by atomic mass is 9.87. The summed E-state index contributed by atoms with van der Waals surface area (Å²) in [6.45, 7) is 12.9. The number of hydrogen-bond donors (Lipinski definition) is 0. The van der Waals surface area contributed by atoms with E-state index in [0.717, 1.165) is 28.5 Å². The Morgan fingerprint density at radius 3 is 2.11 bits per heavy atom. The molecule has 0 amide bonds. The summed E-state index contributed by atoms with van der Waals surface area (Å²) < 4.78 is 0. The van der Waals surface area contributed by atoms with Crippen LogP contribution in [0, 0.1) is 26.2 Å². The molecule has 1 aromatic carbocycles. The first-order valence-electron chi connectivity index (χ1n) is 9.31. The third kappa shape index (κ3) is 4.30. The zero-order chi connectivity index (χ0) is 19.6. The Balaban J connectivity index is 2.16. The molecule has 0 saturated heterocycles. The van der Waals surface area contributed by atoms with Gasteiger partial charge in [-0.3, -0.25) is 9.98 Å². The maximum atomic E-state index is 5.11. The van der Waals surface area contributed by atoms with Gasteiger partial charge in [-0.1, -0.05) is 50.6 Å². The van der Waals surface area contributed by atoms with Crippen molar-refractivity contribution in [3.8, 4) is 11.4 Å². The van der Waals surface area contributed by atoms with Crippen LogP contribution in [0.15, 0.2) is 59.7 Å². The molecule has 0 radical (unpaired) electrons. The molecule has 0 spiro atoms. The molecule has 0 aliphatic carbocycles. The van der Waals surface area contributed by atoms with Crippen LogP contribution in [0.25, 0.3) is 11.4 Å². The molecule has 0 saturated carbocycles. The first-order valence-corrected chi connectivity index (χ1v) is 9.31. The predicted molar refractivity (Wildman–Crippen MR) is 114 cm³/mol. The van der Waals surface area contributed by atoms with Crippen molar-refractivity contribution >= 4 is 11.4 Å². The van der Waals surface area contributed by atoms with Gasteiger partial charge < -0.3 is 0 Å². The van der Waals surface area contributed by atoms with Gasteiger partial charge >= 0.3 is 0 Å². The Kier molecular flexibility index (Phi) is 5.22. The SMILES string of the molecule is Cc1cc(C)c(N=C(c2cccc(-c3ccccn3)n2)C(C)(C)C)c(C)c1. The Bertz CT molecular complexity index is 957. The average Bonchev–Trinajstić information content (AvgIpc) is 2.61. The number of aryl methyl sites for hydroxylation is 3. The molecule has 3 aromatic rings. The van der Waals surface area contributed by atoms with Crippen molar-refractivity contribution in [3.63, 3.8) is 0 Å². The first kappa shape index (κ1) is 19.0. The largest absolute Gasteiger partial charge is 0.255 e. The number of rotatable bonds is 3. The summed E-state index contributed by atoms with van der Waals surface area (Å²) in [4.78, 5) is 14.4. The smallest absolute Gasteiger partial charge is 0.0894 e. The van der Waals surface area contributed by atoms with Crippen molar-refractivity contribution < 1.29 is 0 Å². The Morgan fingerprint density at radius 1 is 0.852 bits per heavy atom. The van der Waals surface area contributed by atoms with E-state index >= 15 is 0 Å². The monoisotopic (exact) mass is 357 g/mol. The van der Waals surface area contributed by atoms with E-state index in [1.807, 2.05) is 36.4 Å². The second-order valence-electron chi connectivity index (χ2n) is 8.08. The summed E-state index contributed by atoms with van der Waals surface area (Å²) in [5, 5.41) is 0. The fourth-order valence-corrected chi connectivity index (χ4v) is 3.29. The normalized spacial score (nSPS) is 12.3. The molecule has 27 heavy (non-hydrogen) atoms. The number of hydrogen-bond acceptors (Lipinski definition) is 3. The highest BCUT2D eigenvalue weighted by atomic mass is 14.8. The van der Waals surface area contributed by atoms with Gasteiger partial charge in [0.25, 0.3) is 0 Å². The zero-order valence-corrected chi connectivity index (χ0v) is 17.0. The van der Waals surface area contributed by atoms with Crippen molar-refractivity contribution in [1.29, 1.82) is 0 Å². The second-order valence-corrected chi connectivity index (χ2v) is 8.08. The predicted octanol–water partition coefficient (Wildman–Crippen LogP) is 6.24. The number of pyridine rings is 2. The highest BCUT2D eigenvalue weighted by Gasteiger charge is 2.23. The van der Waals surface area contributed by atoms with E-state index in [1.165, 1.54) is 16.7 Å². The van der Waals surface area contributed by atoms with Crippen LogP contribution in [0.5, 0.6) is 0 Å². The van der Waals surface area contributed by atoms with Gasteiger partial charge in [0.1, 0.15) is 0 Å². The van der Waals surface area contributed by atoms with Crippen LogP contribution >= 0.6 is 0 Å². The minimum Gasteiger partial charge on any atom is -0.255 e. The Morgan fingerprint density at radius 2 is 1.52 bits per heavy atom. The molecule has 0 aliphatic heterocycles. The van der Waals surface area contributed by atoms with E-state index in [0.29, 0.717) is 0 Å². The molecule has 3 nitrogen and oxygen atoms in total. The van der Waals surface area contributed by atoms with Crippen LogP contribution in [0.3, 0.4) is 0 Å². The van der Waals surface area contributed by atoms with E-state index in [-0.39, 0.29) is 5.41 Å². The first-order chi connectivity index (χ1) is 12.8. The summed E-state index contributed by atoms with van der Waals surface area (Å²) in [5.41, 5.74) is 8.15. The number of nitrogens with zero attached hydrogens (tertiary/aromatic N) is 3. The average molecular weight is 358 g/mol. The zero-order valence-electron chi connectivity index (χ0n) is 17.0. The highest BCUT2D eigenvalue weighted by molar-refractivity contribution is 6.04. The quantitative estimate of drug-likeness (QED) is 0.521. The van der Waals surface area contributed by atoms with E-state index in [1.54, 1.807) is 6.20 Å². The molecular formula is C24H27N3. The molecule has 3 rings (SSSR count). The van der Waals surface area contributed by atoms with Crippen molar-refractivity contribution in [3.05, 3.63) is 77.1 Å². The topological polar surface area (TPSA) is 38.1 Å². The fraction of sp³-hybridized carbons (Fsp3) is 0.292. The number of benzene rings is 1. The number of aromatic nitrogens is 2. The van der Waals surface area contributed by atoms with Gasteiger partial charge in [0.05, 0.1) is 28.5 Å². The maximum Gasteiger partial charge on any atom is 0.0894 e. The third-order valence-electron chi connectivity index (χ3n) is 4.49. The number of aliphatic imine (C=N–C) groups is 1. The molecule has 0 bridgehead atoms. The molecule has 0 atom stereocenters. The van der Waals surface area contributed by atoms with Crippen LogP contribution in [0.2, 0.25) is 0 Å². The summed E-state index contributed by atoms with van der Waals surface area (Å²) in [5.74, 6) is 0. The highest BCUT2D eigenvalue weighted by Crippen LogP contribution is 2.30. The molecule has 0 N–H and O–H groups in total. The molecule has 2 heterocycles. The second kappa shape index (κ2) is 7.43. The molecule has 3 heteroatoms. The molecule has 2 aromatic heterocycles. The Labute approximate surface area is 162 Å². The summed E-state index contributed by atoms with van der Waals surface area (Å²) in [6, 6.07) is 16.3. The minimum atomic E-state index is -0.139. The van der Waals surface area contributed by atoms with Gasteiger partial charge in [-0.2, -0.15) is 0 Å². The standard InChI is InChI=1S/C24H27N3/c1-16-14-17(2)22(18(3)15-16)27-23(24(4,5)6)21-12-9-11-20(26-21)19-10-7-8-13-25-19/h7-15H,1-6H3. The van der Waals surface area contributed by atoms with E-state index < -0.39 is 0 Å². The molecule has 0 fully saturated rings. The lowest BCUT2D eigenvalue weighted by Gasteiger charge is -2.22.